The van der Waals surface area contributed by atoms with Crippen molar-refractivity contribution in [2.75, 3.05) is 44.5 Å². The molecule has 0 aromatic carbocycles. The highest BCUT2D eigenvalue weighted by molar-refractivity contribution is 8.14. The Balaban J connectivity index is 2.10. The summed E-state index contributed by atoms with van der Waals surface area (Å²) in [5.74, 6) is 0.160. The number of H-pyrrole nitrogens is 1. The zero-order valence-electron chi connectivity index (χ0n) is 24.6. The monoisotopic (exact) mass is 656 g/mol. The lowest BCUT2D eigenvalue weighted by Gasteiger charge is -2.27. The van der Waals surface area contributed by atoms with Gasteiger partial charge in [-0.3, -0.25) is 37.5 Å². The third kappa shape index (κ3) is 10.1. The normalized spacial score (nSPS) is 23.3. The lowest BCUT2D eigenvalue weighted by atomic mass is 9.93. The molecule has 0 aliphatic carbocycles. The van der Waals surface area contributed by atoms with Crippen LogP contribution in [0.3, 0.4) is 0 Å². The van der Waals surface area contributed by atoms with E-state index in [1.165, 1.54) is 13.1 Å². The number of rotatable bonds is 16. The van der Waals surface area contributed by atoms with Crippen molar-refractivity contribution >= 4 is 41.6 Å². The van der Waals surface area contributed by atoms with Crippen LogP contribution in [0.25, 0.3) is 0 Å². The maximum absolute atomic E-state index is 13.6. The van der Waals surface area contributed by atoms with Crippen LogP contribution < -0.4 is 11.2 Å². The number of nitrogens with one attached hydrogen (secondary N) is 1. The molecule has 0 bridgehead atoms. The van der Waals surface area contributed by atoms with Crippen LogP contribution >= 0.6 is 31.3 Å². The van der Waals surface area contributed by atoms with Crippen LogP contribution in [0, 0.1) is 10.8 Å². The summed E-state index contributed by atoms with van der Waals surface area (Å²) in [4.78, 5) is 50.4. The molecule has 0 saturated carbocycles. The summed E-state index contributed by atoms with van der Waals surface area (Å²) in [7, 11) is -4.30. The smallest absolute Gasteiger partial charge is 0.395 e. The minimum absolute atomic E-state index is 0.0581. The summed E-state index contributed by atoms with van der Waals surface area (Å²) in [6.07, 6.45) is -0.0681. The van der Waals surface area contributed by atoms with Gasteiger partial charge in [0.25, 0.3) is 5.56 Å². The van der Waals surface area contributed by atoms with E-state index in [2.05, 4.69) is 4.98 Å². The van der Waals surface area contributed by atoms with Crippen LogP contribution in [0.1, 0.15) is 54.2 Å². The third-order valence-electron chi connectivity index (χ3n) is 6.32. The number of carbonyl (C=O) groups excluding carboxylic acids is 2. The Hall–Kier alpha value is -1.33. The Bertz CT molecular complexity index is 1220. The van der Waals surface area contributed by atoms with Gasteiger partial charge in [0.1, 0.15) is 5.60 Å². The summed E-state index contributed by atoms with van der Waals surface area (Å²) < 4.78 is 37.1. The van der Waals surface area contributed by atoms with E-state index in [4.69, 9.17) is 18.3 Å². The molecule has 240 valence electrons. The lowest BCUT2D eigenvalue weighted by molar-refractivity contribution is -0.120. The molecule has 17 heteroatoms. The Morgan fingerprint density at radius 1 is 1.05 bits per heavy atom. The Morgan fingerprint density at radius 3 is 2.00 bits per heavy atom. The first-order valence-electron chi connectivity index (χ1n) is 13.1. The van der Waals surface area contributed by atoms with Crippen LogP contribution in [-0.4, -0.2) is 90.8 Å². The molecular weight excluding hydrogens is 615 g/mol. The quantitative estimate of drug-likeness (QED) is 0.148. The molecule has 3 atom stereocenters. The molecule has 42 heavy (non-hydrogen) atoms. The van der Waals surface area contributed by atoms with Gasteiger partial charge < -0.3 is 20.1 Å². The van der Waals surface area contributed by atoms with Gasteiger partial charge in [-0.1, -0.05) is 23.5 Å². The first-order valence-corrected chi connectivity index (χ1v) is 16.5. The largest absolute Gasteiger partial charge is 0.474 e. The Labute approximate surface area is 252 Å². The fourth-order valence-corrected chi connectivity index (χ4v) is 6.90. The average Bonchev–Trinajstić information content (AvgIpc) is 3.16. The zero-order chi connectivity index (χ0) is 32.0. The molecule has 0 radical (unpaired) electrons. The van der Waals surface area contributed by atoms with Crippen LogP contribution in [0.2, 0.25) is 0 Å². The number of aromatic amines is 1. The number of ether oxygens (including phenoxy) is 1. The van der Waals surface area contributed by atoms with Gasteiger partial charge in [0.2, 0.25) is 0 Å². The van der Waals surface area contributed by atoms with Crippen LogP contribution in [-0.2, 0) is 32.5 Å². The van der Waals surface area contributed by atoms with E-state index in [0.717, 1.165) is 34.2 Å². The second-order valence-corrected chi connectivity index (χ2v) is 15.5. The second-order valence-electron chi connectivity index (χ2n) is 11.7. The highest BCUT2D eigenvalue weighted by Gasteiger charge is 2.52. The summed E-state index contributed by atoms with van der Waals surface area (Å²) in [6, 6.07) is 1.11. The number of aliphatic hydroxyl groups is 3. The summed E-state index contributed by atoms with van der Waals surface area (Å²) in [5, 5.41) is 29.2. The van der Waals surface area contributed by atoms with Crippen LogP contribution in [0.5, 0.6) is 0 Å². The van der Waals surface area contributed by atoms with E-state index < -0.39 is 53.9 Å². The van der Waals surface area contributed by atoms with Crippen molar-refractivity contribution in [3.63, 3.8) is 0 Å². The van der Waals surface area contributed by atoms with E-state index in [1.54, 1.807) is 34.6 Å². The molecule has 3 unspecified atom stereocenters. The molecule has 14 nitrogen and oxygen atoms in total. The van der Waals surface area contributed by atoms with Crippen LogP contribution in [0.4, 0.5) is 0 Å². The highest BCUT2D eigenvalue weighted by atomic mass is 32.2. The van der Waals surface area contributed by atoms with Gasteiger partial charge in [0.05, 0.1) is 49.5 Å². The molecule has 4 N–H and O–H groups in total. The van der Waals surface area contributed by atoms with Crippen LogP contribution in [0.15, 0.2) is 21.9 Å². The molecule has 1 aromatic heterocycles. The van der Waals surface area contributed by atoms with E-state index in [9.17, 15) is 39.1 Å². The number of thioether (sulfide) groups is 2. The molecular formula is C25H41N2O12PS2. The fraction of sp³-hybridized carbons (Fsp3) is 0.760. The summed E-state index contributed by atoms with van der Waals surface area (Å²) in [5.41, 5.74) is -6.21. The van der Waals surface area contributed by atoms with Gasteiger partial charge in [0, 0.05) is 30.2 Å². The molecule has 2 rings (SSSR count). The fourth-order valence-electron chi connectivity index (χ4n) is 3.75. The second kappa shape index (κ2) is 14.6. The van der Waals surface area contributed by atoms with Gasteiger partial charge in [-0.05, 0) is 41.5 Å². The first kappa shape index (κ1) is 36.9. The topological polar surface area (TPSA) is 204 Å². The highest BCUT2D eigenvalue weighted by Crippen LogP contribution is 2.52. The molecule has 1 saturated heterocycles. The Kier molecular flexibility index (Phi) is 12.8. The van der Waals surface area contributed by atoms with Crippen molar-refractivity contribution in [2.24, 2.45) is 10.8 Å². The van der Waals surface area contributed by atoms with Crippen molar-refractivity contribution in [3.8, 4) is 0 Å². The van der Waals surface area contributed by atoms with E-state index in [-0.39, 0.29) is 54.6 Å². The predicted molar refractivity (Wildman–Crippen MR) is 157 cm³/mol. The number of nitrogens with zero attached hydrogens (tertiary/aromatic N) is 1. The standard InChI is InChI=1S/C25H41N2O12PS2/c1-22(2,14-28)19(31)41-11-9-36-40(35,37-10-12-42-20(32)23(3,4)15-29)38-16-24(5)13-25(6,34)18(39-24)27-8-7-17(30)26-21(27)33/h7-8,18,28-29,34H,9-16H2,1-6H3,(H,26,30,33). The van der Waals surface area contributed by atoms with Crippen molar-refractivity contribution in [2.45, 2.75) is 65.4 Å². The SMILES string of the molecule is CC1(COP(=O)(OCCSC(=O)C(C)(C)CO)OCCSC(=O)C(C)(C)CO)CC(C)(O)C(n2ccc(=O)[nH]c2=O)O1. The van der Waals surface area contributed by atoms with E-state index in [0.29, 0.717) is 0 Å². The van der Waals surface area contributed by atoms with Gasteiger partial charge in [-0.15, -0.1) is 0 Å². The molecule has 0 spiro atoms. The zero-order valence-corrected chi connectivity index (χ0v) is 27.1. The number of carbonyl (C=O) groups is 2. The third-order valence-corrected chi connectivity index (χ3v) is 10.1. The number of aliphatic hydroxyl groups excluding tert-OH is 2. The number of hydrogen-bond donors (Lipinski definition) is 4. The van der Waals surface area contributed by atoms with Gasteiger partial charge in [-0.2, -0.15) is 0 Å². The molecule has 1 fully saturated rings. The predicted octanol–water partition coefficient (Wildman–Crippen LogP) is 1.68. The van der Waals surface area contributed by atoms with Crippen molar-refractivity contribution in [3.05, 3.63) is 33.1 Å². The van der Waals surface area contributed by atoms with Crippen molar-refractivity contribution < 1.29 is 47.8 Å². The molecule has 2 heterocycles. The van der Waals surface area contributed by atoms with Gasteiger partial charge >= 0.3 is 13.5 Å². The maximum atomic E-state index is 13.6. The minimum atomic E-state index is -4.30. The number of hydrogen-bond acceptors (Lipinski definition) is 14. The minimum Gasteiger partial charge on any atom is -0.395 e. The molecule has 1 aliphatic rings. The number of phosphoric acid groups is 1. The van der Waals surface area contributed by atoms with Crippen molar-refractivity contribution in [1.29, 1.82) is 0 Å². The van der Waals surface area contributed by atoms with Gasteiger partial charge in [0.15, 0.2) is 16.5 Å². The summed E-state index contributed by atoms with van der Waals surface area (Å²) >= 11 is 1.77. The van der Waals surface area contributed by atoms with Crippen molar-refractivity contribution in [1.82, 2.24) is 9.55 Å². The van der Waals surface area contributed by atoms with E-state index in [1.807, 2.05) is 0 Å². The van der Waals surface area contributed by atoms with E-state index >= 15 is 0 Å². The number of aromatic nitrogens is 2. The maximum Gasteiger partial charge on any atom is 0.474 e. The Morgan fingerprint density at radius 2 is 1.55 bits per heavy atom. The first-order chi connectivity index (χ1) is 19.3. The molecule has 1 aromatic rings. The average molecular weight is 657 g/mol. The molecule has 0 amide bonds. The molecule has 1 aliphatic heterocycles. The van der Waals surface area contributed by atoms with Gasteiger partial charge in [-0.25, -0.2) is 9.36 Å². The lowest BCUT2D eigenvalue weighted by Crippen LogP contribution is -2.40. The number of phosphoric ester groups is 1. The summed E-state index contributed by atoms with van der Waals surface area (Å²) in [6.45, 7) is 7.83.